The van der Waals surface area contributed by atoms with Gasteiger partial charge in [-0.15, -0.1) is 0 Å². The van der Waals surface area contributed by atoms with E-state index in [0.29, 0.717) is 18.1 Å². The van der Waals surface area contributed by atoms with Gasteiger partial charge in [-0.05, 0) is 67.1 Å². The number of hydrogen-bond acceptors (Lipinski definition) is 5. The van der Waals surface area contributed by atoms with Crippen molar-refractivity contribution in [3.8, 4) is 5.75 Å². The molecule has 3 rings (SSSR count). The third-order valence-corrected chi connectivity index (χ3v) is 5.48. The summed E-state index contributed by atoms with van der Waals surface area (Å²) < 4.78 is 37.6. The largest absolute Gasteiger partial charge is 0.494 e. The number of benzene rings is 2. The number of amides is 1. The summed E-state index contributed by atoms with van der Waals surface area (Å²) in [6.45, 7) is 2.57. The molecule has 7 nitrogen and oxygen atoms in total. The molecule has 1 amide bonds. The SMILES string of the molecule is CCOc1ccc(/C=C/C(=O)Nc2ccc(S(=O)(=O)NCc3ccco3)cc2)cc1. The molecule has 0 aliphatic rings. The Morgan fingerprint density at radius 2 is 1.80 bits per heavy atom. The van der Waals surface area contributed by atoms with Crippen LogP contribution in [0.4, 0.5) is 5.69 Å². The fraction of sp³-hybridized carbons (Fsp3) is 0.136. The Morgan fingerprint density at radius 1 is 1.07 bits per heavy atom. The minimum Gasteiger partial charge on any atom is -0.494 e. The molecule has 0 fully saturated rings. The van der Waals surface area contributed by atoms with E-state index in [1.165, 1.54) is 36.6 Å². The average Bonchev–Trinajstić information content (AvgIpc) is 3.26. The normalized spacial score (nSPS) is 11.5. The number of anilines is 1. The van der Waals surface area contributed by atoms with Gasteiger partial charge in [-0.1, -0.05) is 12.1 Å². The third kappa shape index (κ3) is 6.07. The number of rotatable bonds is 9. The lowest BCUT2D eigenvalue weighted by Gasteiger charge is -2.07. The molecule has 0 aliphatic heterocycles. The van der Waals surface area contributed by atoms with Crippen molar-refractivity contribution in [2.75, 3.05) is 11.9 Å². The molecule has 2 N–H and O–H groups in total. The Morgan fingerprint density at radius 3 is 2.43 bits per heavy atom. The highest BCUT2D eigenvalue weighted by Crippen LogP contribution is 2.16. The highest BCUT2D eigenvalue weighted by atomic mass is 32.2. The molecule has 0 saturated carbocycles. The Hall–Kier alpha value is -3.36. The van der Waals surface area contributed by atoms with Crippen LogP contribution in [0.25, 0.3) is 6.08 Å². The molecular formula is C22H22N2O5S. The molecule has 3 aromatic rings. The zero-order valence-corrected chi connectivity index (χ0v) is 17.2. The van der Waals surface area contributed by atoms with Gasteiger partial charge in [-0.2, -0.15) is 0 Å². The molecule has 0 radical (unpaired) electrons. The first-order valence-electron chi connectivity index (χ1n) is 9.30. The molecule has 0 aliphatic carbocycles. The number of ether oxygens (including phenoxy) is 1. The van der Waals surface area contributed by atoms with Gasteiger partial charge in [-0.3, -0.25) is 4.79 Å². The van der Waals surface area contributed by atoms with E-state index >= 15 is 0 Å². The van der Waals surface area contributed by atoms with Crippen LogP contribution in [0, 0.1) is 0 Å². The van der Waals surface area contributed by atoms with Crippen LogP contribution in [0.2, 0.25) is 0 Å². The highest BCUT2D eigenvalue weighted by Gasteiger charge is 2.14. The maximum Gasteiger partial charge on any atom is 0.248 e. The van der Waals surface area contributed by atoms with Crippen molar-refractivity contribution in [1.82, 2.24) is 4.72 Å². The molecule has 30 heavy (non-hydrogen) atoms. The van der Waals surface area contributed by atoms with E-state index in [-0.39, 0.29) is 17.3 Å². The van der Waals surface area contributed by atoms with Crippen LogP contribution in [0.5, 0.6) is 5.75 Å². The Kier molecular flexibility index (Phi) is 7.05. The Balaban J connectivity index is 1.56. The Labute approximate surface area is 175 Å². The number of nitrogens with one attached hydrogen (secondary N) is 2. The van der Waals surface area contributed by atoms with Crippen molar-refractivity contribution in [1.29, 1.82) is 0 Å². The summed E-state index contributed by atoms with van der Waals surface area (Å²) in [5.41, 5.74) is 1.35. The third-order valence-electron chi connectivity index (χ3n) is 4.07. The standard InChI is InChI=1S/C22H22N2O5S/c1-2-28-19-10-5-17(6-11-19)7-14-22(25)24-18-8-12-21(13-9-18)30(26,27)23-16-20-4-3-15-29-20/h3-15,23H,2,16H2,1H3,(H,24,25)/b14-7+. The molecule has 0 unspecified atom stereocenters. The summed E-state index contributed by atoms with van der Waals surface area (Å²) in [6, 6.07) is 16.7. The van der Waals surface area contributed by atoms with Gasteiger partial charge in [0, 0.05) is 11.8 Å². The number of sulfonamides is 1. The van der Waals surface area contributed by atoms with Crippen molar-refractivity contribution in [3.05, 3.63) is 84.3 Å². The molecular weight excluding hydrogens is 404 g/mol. The molecule has 0 saturated heterocycles. The van der Waals surface area contributed by atoms with Crippen LogP contribution in [0.1, 0.15) is 18.2 Å². The van der Waals surface area contributed by atoms with Crippen molar-refractivity contribution < 1.29 is 22.4 Å². The lowest BCUT2D eigenvalue weighted by Crippen LogP contribution is -2.23. The molecule has 0 atom stereocenters. The number of hydrogen-bond donors (Lipinski definition) is 2. The van der Waals surface area contributed by atoms with Gasteiger partial charge in [-0.25, -0.2) is 13.1 Å². The van der Waals surface area contributed by atoms with Crippen LogP contribution in [0.15, 0.2) is 82.3 Å². The molecule has 0 bridgehead atoms. The fourth-order valence-corrected chi connectivity index (χ4v) is 3.57. The van der Waals surface area contributed by atoms with Crippen molar-refractivity contribution in [3.63, 3.8) is 0 Å². The molecule has 1 heterocycles. The first-order valence-corrected chi connectivity index (χ1v) is 10.8. The molecule has 1 aromatic heterocycles. The van der Waals surface area contributed by atoms with Crippen LogP contribution in [0.3, 0.4) is 0 Å². The number of furan rings is 1. The zero-order valence-electron chi connectivity index (χ0n) is 16.4. The van der Waals surface area contributed by atoms with Gasteiger partial charge in [0.25, 0.3) is 0 Å². The van der Waals surface area contributed by atoms with Crippen LogP contribution in [-0.2, 0) is 21.4 Å². The van der Waals surface area contributed by atoms with Crippen molar-refractivity contribution >= 4 is 27.7 Å². The van der Waals surface area contributed by atoms with Gasteiger partial charge >= 0.3 is 0 Å². The smallest absolute Gasteiger partial charge is 0.248 e. The van der Waals surface area contributed by atoms with E-state index in [1.807, 2.05) is 31.2 Å². The highest BCUT2D eigenvalue weighted by molar-refractivity contribution is 7.89. The van der Waals surface area contributed by atoms with E-state index in [9.17, 15) is 13.2 Å². The zero-order chi connectivity index (χ0) is 21.4. The van der Waals surface area contributed by atoms with E-state index in [4.69, 9.17) is 9.15 Å². The molecule has 8 heteroatoms. The van der Waals surface area contributed by atoms with Crippen LogP contribution < -0.4 is 14.8 Å². The van der Waals surface area contributed by atoms with Gasteiger partial charge < -0.3 is 14.5 Å². The lowest BCUT2D eigenvalue weighted by atomic mass is 10.2. The first-order chi connectivity index (χ1) is 14.5. The summed E-state index contributed by atoms with van der Waals surface area (Å²) in [5, 5.41) is 2.70. The number of carbonyl (C=O) groups excluding carboxylic acids is 1. The topological polar surface area (TPSA) is 97.6 Å². The second-order valence-corrected chi connectivity index (χ2v) is 8.02. The van der Waals surface area contributed by atoms with Gasteiger partial charge in [0.1, 0.15) is 11.5 Å². The minimum atomic E-state index is -3.68. The van der Waals surface area contributed by atoms with Crippen molar-refractivity contribution in [2.24, 2.45) is 0 Å². The van der Waals surface area contributed by atoms with Gasteiger partial charge in [0.2, 0.25) is 15.9 Å². The average molecular weight is 426 g/mol. The second kappa shape index (κ2) is 9.91. The summed E-state index contributed by atoms with van der Waals surface area (Å²) >= 11 is 0. The Bertz CT molecular complexity index is 1090. The number of carbonyl (C=O) groups is 1. The maximum absolute atomic E-state index is 12.3. The fourth-order valence-electron chi connectivity index (χ4n) is 2.58. The van der Waals surface area contributed by atoms with E-state index in [0.717, 1.165) is 11.3 Å². The second-order valence-electron chi connectivity index (χ2n) is 6.25. The first kappa shape index (κ1) is 21.4. The molecule has 0 spiro atoms. The quantitative estimate of drug-likeness (QED) is 0.507. The van der Waals surface area contributed by atoms with Crippen LogP contribution >= 0.6 is 0 Å². The summed E-state index contributed by atoms with van der Waals surface area (Å²) in [4.78, 5) is 12.2. The van der Waals surface area contributed by atoms with Gasteiger partial charge in [0.15, 0.2) is 0 Å². The maximum atomic E-state index is 12.3. The summed E-state index contributed by atoms with van der Waals surface area (Å²) in [5.74, 6) is 0.963. The van der Waals surface area contributed by atoms with Crippen LogP contribution in [-0.4, -0.2) is 20.9 Å². The monoisotopic (exact) mass is 426 g/mol. The van der Waals surface area contributed by atoms with Gasteiger partial charge in [0.05, 0.1) is 24.3 Å². The van der Waals surface area contributed by atoms with E-state index < -0.39 is 10.0 Å². The molecule has 156 valence electrons. The van der Waals surface area contributed by atoms with E-state index in [2.05, 4.69) is 10.0 Å². The predicted octanol–water partition coefficient (Wildman–Crippen LogP) is 3.81. The lowest BCUT2D eigenvalue weighted by molar-refractivity contribution is -0.111. The minimum absolute atomic E-state index is 0.0597. The van der Waals surface area contributed by atoms with E-state index in [1.54, 1.807) is 18.2 Å². The molecule has 2 aromatic carbocycles. The summed E-state index contributed by atoms with van der Waals surface area (Å²) in [6.07, 6.45) is 4.57. The van der Waals surface area contributed by atoms with Crippen molar-refractivity contribution in [2.45, 2.75) is 18.4 Å². The predicted molar refractivity (Wildman–Crippen MR) is 114 cm³/mol. The summed E-state index contributed by atoms with van der Waals surface area (Å²) in [7, 11) is -3.68.